The average Bonchev–Trinajstić information content (AvgIpc) is 3.03. The van der Waals surface area contributed by atoms with Gasteiger partial charge in [-0.2, -0.15) is 4.31 Å². The Kier molecular flexibility index (Phi) is 4.07. The zero-order valence-electron chi connectivity index (χ0n) is 12.1. The molecule has 6 nitrogen and oxygen atoms in total. The second-order valence-electron chi connectivity index (χ2n) is 5.22. The first-order valence-corrected chi connectivity index (χ1v) is 9.26. The Bertz CT molecular complexity index is 729. The Hall–Kier alpha value is -1.64. The Morgan fingerprint density at radius 3 is 2.59 bits per heavy atom. The molecule has 1 N–H and O–H groups in total. The fourth-order valence-electron chi connectivity index (χ4n) is 2.62. The molecule has 0 saturated carbocycles. The molecular weight excluding hydrogens is 322 g/mol. The van der Waals surface area contributed by atoms with Crippen molar-refractivity contribution in [3.05, 3.63) is 35.8 Å². The predicted molar refractivity (Wildman–Crippen MR) is 85.8 cm³/mol. The molecule has 1 atom stereocenters. The summed E-state index contributed by atoms with van der Waals surface area (Å²) in [6.07, 6.45) is 1.51. The fourth-order valence-corrected chi connectivity index (χ4v) is 5.10. The summed E-state index contributed by atoms with van der Waals surface area (Å²) >= 11 is 1.14. The Balaban J connectivity index is 1.76. The molecular formula is C14H17N3O3S2. The molecule has 0 radical (unpaired) electrons. The van der Waals surface area contributed by atoms with E-state index in [1.54, 1.807) is 17.5 Å². The zero-order chi connectivity index (χ0) is 15.7. The number of aromatic nitrogens is 1. The second kappa shape index (κ2) is 5.86. The smallest absolute Gasteiger partial charge is 0.270 e. The number of sulfonamides is 1. The highest BCUT2D eigenvalue weighted by Gasteiger charge is 2.33. The van der Waals surface area contributed by atoms with E-state index in [1.807, 2.05) is 19.1 Å². The molecule has 22 heavy (non-hydrogen) atoms. The van der Waals surface area contributed by atoms with Crippen molar-refractivity contribution in [1.82, 2.24) is 9.29 Å². The summed E-state index contributed by atoms with van der Waals surface area (Å²) < 4.78 is 26.7. The molecule has 1 fully saturated rings. The van der Waals surface area contributed by atoms with Crippen LogP contribution in [-0.2, 0) is 10.0 Å². The summed E-state index contributed by atoms with van der Waals surface area (Å²) in [6, 6.07) is 7.02. The van der Waals surface area contributed by atoms with E-state index in [1.165, 1.54) is 10.5 Å². The van der Waals surface area contributed by atoms with E-state index in [9.17, 15) is 13.5 Å². The minimum Gasteiger partial charge on any atom is -0.508 e. The number of hydrogen-bond donors (Lipinski definition) is 1. The number of hydrogen-bond acceptors (Lipinski definition) is 6. The van der Waals surface area contributed by atoms with Crippen molar-refractivity contribution >= 4 is 27.0 Å². The molecule has 0 bridgehead atoms. The van der Waals surface area contributed by atoms with Crippen LogP contribution < -0.4 is 4.90 Å². The molecule has 1 saturated heterocycles. The van der Waals surface area contributed by atoms with E-state index in [0.717, 1.165) is 17.0 Å². The van der Waals surface area contributed by atoms with Gasteiger partial charge in [0.05, 0.1) is 0 Å². The van der Waals surface area contributed by atoms with Gasteiger partial charge in [-0.25, -0.2) is 13.4 Å². The molecule has 0 amide bonds. The summed E-state index contributed by atoms with van der Waals surface area (Å²) in [5.74, 6) is 0.224. The summed E-state index contributed by atoms with van der Waals surface area (Å²) in [6.45, 7) is 3.45. The van der Waals surface area contributed by atoms with Gasteiger partial charge in [-0.15, -0.1) is 11.3 Å². The highest BCUT2D eigenvalue weighted by Crippen LogP contribution is 2.26. The van der Waals surface area contributed by atoms with Crippen molar-refractivity contribution in [2.45, 2.75) is 17.3 Å². The van der Waals surface area contributed by atoms with Crippen molar-refractivity contribution < 1.29 is 13.5 Å². The molecule has 1 aliphatic rings. The van der Waals surface area contributed by atoms with Gasteiger partial charge < -0.3 is 10.0 Å². The molecule has 0 unspecified atom stereocenters. The van der Waals surface area contributed by atoms with Gasteiger partial charge in [0.25, 0.3) is 10.0 Å². The zero-order valence-corrected chi connectivity index (χ0v) is 13.7. The van der Waals surface area contributed by atoms with Gasteiger partial charge in [-0.05, 0) is 31.2 Å². The number of thiazole rings is 1. The van der Waals surface area contributed by atoms with Gasteiger partial charge in [0.1, 0.15) is 5.75 Å². The SMILES string of the molecule is C[C@H]1CN(S(=O)(=O)c2nccs2)CCN1c1ccc(O)cc1. The molecule has 2 heterocycles. The third-order valence-electron chi connectivity index (χ3n) is 3.74. The largest absolute Gasteiger partial charge is 0.508 e. The molecule has 0 spiro atoms. The molecule has 118 valence electrons. The number of phenols is 1. The third kappa shape index (κ3) is 2.81. The van der Waals surface area contributed by atoms with Crippen LogP contribution in [0.4, 0.5) is 5.69 Å². The summed E-state index contributed by atoms with van der Waals surface area (Å²) in [5.41, 5.74) is 0.983. The molecule has 2 aromatic rings. The van der Waals surface area contributed by atoms with E-state index < -0.39 is 10.0 Å². The van der Waals surface area contributed by atoms with E-state index in [0.29, 0.717) is 19.6 Å². The summed E-state index contributed by atoms with van der Waals surface area (Å²) in [7, 11) is -3.49. The number of phenolic OH excluding ortho intramolecular Hbond substituents is 1. The van der Waals surface area contributed by atoms with Crippen LogP contribution in [0.5, 0.6) is 5.75 Å². The van der Waals surface area contributed by atoms with Crippen LogP contribution in [0.1, 0.15) is 6.92 Å². The fraction of sp³-hybridized carbons (Fsp3) is 0.357. The van der Waals surface area contributed by atoms with Gasteiger partial charge in [-0.3, -0.25) is 0 Å². The highest BCUT2D eigenvalue weighted by atomic mass is 32.2. The number of nitrogens with zero attached hydrogens (tertiary/aromatic N) is 3. The van der Waals surface area contributed by atoms with Crippen LogP contribution >= 0.6 is 11.3 Å². The lowest BCUT2D eigenvalue weighted by molar-refractivity contribution is 0.342. The first-order valence-electron chi connectivity index (χ1n) is 6.94. The van der Waals surface area contributed by atoms with Crippen LogP contribution in [0.3, 0.4) is 0 Å². The van der Waals surface area contributed by atoms with E-state index >= 15 is 0 Å². The predicted octanol–water partition coefficient (Wildman–Crippen LogP) is 1.75. The lowest BCUT2D eigenvalue weighted by Crippen LogP contribution is -2.53. The molecule has 0 aliphatic carbocycles. The van der Waals surface area contributed by atoms with Gasteiger partial charge in [0.2, 0.25) is 4.34 Å². The third-order valence-corrected chi connectivity index (χ3v) is 6.79. The summed E-state index contributed by atoms with van der Waals surface area (Å²) in [4.78, 5) is 6.07. The Morgan fingerprint density at radius 1 is 1.27 bits per heavy atom. The standard InChI is InChI=1S/C14H17N3O3S2/c1-11-10-16(22(19,20)14-15-6-9-21-14)7-8-17(11)12-2-4-13(18)5-3-12/h2-6,9,11,18H,7-8,10H2,1H3/t11-/m0/s1. The Labute approximate surface area is 133 Å². The first kappa shape index (κ1) is 15.3. The molecule has 1 aliphatic heterocycles. The first-order chi connectivity index (χ1) is 10.5. The average molecular weight is 339 g/mol. The van der Waals surface area contributed by atoms with Gasteiger partial charge >= 0.3 is 0 Å². The van der Waals surface area contributed by atoms with Crippen LogP contribution in [0.15, 0.2) is 40.2 Å². The van der Waals surface area contributed by atoms with E-state index in [2.05, 4.69) is 9.88 Å². The minimum absolute atomic E-state index is 0.0491. The lowest BCUT2D eigenvalue weighted by atomic mass is 10.2. The number of rotatable bonds is 3. The molecule has 8 heteroatoms. The van der Waals surface area contributed by atoms with Crippen LogP contribution in [0.2, 0.25) is 0 Å². The molecule has 3 rings (SSSR count). The van der Waals surface area contributed by atoms with Crippen LogP contribution in [0.25, 0.3) is 0 Å². The molecule has 1 aromatic heterocycles. The normalized spacial score (nSPS) is 20.2. The van der Waals surface area contributed by atoms with Crippen molar-refractivity contribution in [3.63, 3.8) is 0 Å². The Morgan fingerprint density at radius 2 is 2.00 bits per heavy atom. The van der Waals surface area contributed by atoms with Crippen molar-refractivity contribution in [2.75, 3.05) is 24.5 Å². The van der Waals surface area contributed by atoms with E-state index in [4.69, 9.17) is 0 Å². The maximum atomic E-state index is 12.5. The molecule has 1 aromatic carbocycles. The number of aromatic hydroxyl groups is 1. The van der Waals surface area contributed by atoms with E-state index in [-0.39, 0.29) is 16.1 Å². The van der Waals surface area contributed by atoms with Gasteiger partial charge in [0.15, 0.2) is 0 Å². The number of anilines is 1. The minimum atomic E-state index is -3.49. The van der Waals surface area contributed by atoms with Crippen molar-refractivity contribution in [2.24, 2.45) is 0 Å². The summed E-state index contributed by atoms with van der Waals surface area (Å²) in [5, 5.41) is 11.0. The second-order valence-corrected chi connectivity index (χ2v) is 8.23. The van der Waals surface area contributed by atoms with Crippen molar-refractivity contribution in [3.8, 4) is 5.75 Å². The maximum Gasteiger partial charge on any atom is 0.270 e. The quantitative estimate of drug-likeness (QED) is 0.922. The lowest BCUT2D eigenvalue weighted by Gasteiger charge is -2.40. The van der Waals surface area contributed by atoms with Crippen LogP contribution in [0, 0.1) is 0 Å². The monoisotopic (exact) mass is 339 g/mol. The topological polar surface area (TPSA) is 73.7 Å². The van der Waals surface area contributed by atoms with Gasteiger partial charge in [0, 0.05) is 42.9 Å². The maximum absolute atomic E-state index is 12.5. The number of benzene rings is 1. The van der Waals surface area contributed by atoms with Crippen LogP contribution in [-0.4, -0.2) is 48.5 Å². The van der Waals surface area contributed by atoms with Crippen molar-refractivity contribution in [1.29, 1.82) is 0 Å². The highest BCUT2D eigenvalue weighted by molar-refractivity contribution is 7.91. The number of piperazine rings is 1. The van der Waals surface area contributed by atoms with Gasteiger partial charge in [-0.1, -0.05) is 0 Å².